The molecule has 0 saturated heterocycles. The maximum absolute atomic E-state index is 9.87. The Morgan fingerprint density at radius 1 is 1.40 bits per heavy atom. The second-order valence-electron chi connectivity index (χ2n) is 4.66. The van der Waals surface area contributed by atoms with Crippen LogP contribution in [0.25, 0.3) is 0 Å². The standard InChI is InChI=1S/C12H23ClO2/c1-4-9-6-8(3)11(10(13)7-9)12(14)15-5-2/h8-12,14H,4-7H2,1-3H3. The van der Waals surface area contributed by atoms with Crippen LogP contribution in [0, 0.1) is 17.8 Å². The molecule has 5 unspecified atom stereocenters. The molecular weight excluding hydrogens is 212 g/mol. The third-order valence-corrected chi connectivity index (χ3v) is 4.05. The molecule has 1 saturated carbocycles. The SMILES string of the molecule is CCOC(O)C1C(C)CC(CC)CC1Cl. The van der Waals surface area contributed by atoms with Crippen molar-refractivity contribution in [3.05, 3.63) is 0 Å². The van der Waals surface area contributed by atoms with Crippen molar-refractivity contribution in [1.82, 2.24) is 0 Å². The van der Waals surface area contributed by atoms with Crippen LogP contribution in [-0.2, 0) is 4.74 Å². The van der Waals surface area contributed by atoms with E-state index in [1.807, 2.05) is 6.92 Å². The van der Waals surface area contributed by atoms with Crippen molar-refractivity contribution in [2.75, 3.05) is 6.61 Å². The van der Waals surface area contributed by atoms with E-state index in [9.17, 15) is 5.11 Å². The molecular formula is C12H23ClO2. The molecule has 1 N–H and O–H groups in total. The van der Waals surface area contributed by atoms with Gasteiger partial charge in [-0.1, -0.05) is 20.3 Å². The minimum absolute atomic E-state index is 0.0558. The number of alkyl halides is 1. The summed E-state index contributed by atoms with van der Waals surface area (Å²) < 4.78 is 5.26. The van der Waals surface area contributed by atoms with E-state index in [1.165, 1.54) is 6.42 Å². The molecule has 0 aromatic heterocycles. The second kappa shape index (κ2) is 6.07. The van der Waals surface area contributed by atoms with Crippen molar-refractivity contribution in [2.45, 2.75) is 51.7 Å². The monoisotopic (exact) mass is 234 g/mol. The van der Waals surface area contributed by atoms with Crippen LogP contribution in [0.1, 0.15) is 40.0 Å². The van der Waals surface area contributed by atoms with Crippen molar-refractivity contribution in [2.24, 2.45) is 17.8 Å². The first-order valence-corrected chi connectivity index (χ1v) is 6.47. The smallest absolute Gasteiger partial charge is 0.158 e. The Morgan fingerprint density at radius 3 is 2.53 bits per heavy atom. The summed E-state index contributed by atoms with van der Waals surface area (Å²) in [5.74, 6) is 1.26. The zero-order chi connectivity index (χ0) is 11.4. The third kappa shape index (κ3) is 3.33. The molecule has 1 aliphatic rings. The lowest BCUT2D eigenvalue weighted by Crippen LogP contribution is -2.41. The second-order valence-corrected chi connectivity index (χ2v) is 5.22. The van der Waals surface area contributed by atoms with Gasteiger partial charge in [-0.25, -0.2) is 0 Å². The fourth-order valence-corrected chi connectivity index (χ4v) is 3.31. The molecule has 5 atom stereocenters. The lowest BCUT2D eigenvalue weighted by Gasteiger charge is -2.39. The van der Waals surface area contributed by atoms with Crippen molar-refractivity contribution in [3.63, 3.8) is 0 Å². The van der Waals surface area contributed by atoms with E-state index in [1.54, 1.807) is 0 Å². The molecule has 15 heavy (non-hydrogen) atoms. The number of halogens is 1. The van der Waals surface area contributed by atoms with Crippen LogP contribution in [0.15, 0.2) is 0 Å². The van der Waals surface area contributed by atoms with E-state index in [2.05, 4.69) is 13.8 Å². The summed E-state index contributed by atoms with van der Waals surface area (Å²) in [6, 6.07) is 0. The van der Waals surface area contributed by atoms with Crippen molar-refractivity contribution in [3.8, 4) is 0 Å². The van der Waals surface area contributed by atoms with Gasteiger partial charge < -0.3 is 9.84 Å². The minimum atomic E-state index is -0.690. The number of ether oxygens (including phenoxy) is 1. The molecule has 3 heteroatoms. The lowest BCUT2D eigenvalue weighted by atomic mass is 9.73. The summed E-state index contributed by atoms with van der Waals surface area (Å²) in [5.41, 5.74) is 0. The van der Waals surface area contributed by atoms with E-state index in [4.69, 9.17) is 16.3 Å². The van der Waals surface area contributed by atoms with Crippen molar-refractivity contribution in [1.29, 1.82) is 0 Å². The van der Waals surface area contributed by atoms with Gasteiger partial charge in [0.15, 0.2) is 6.29 Å². The number of aliphatic hydroxyl groups excluding tert-OH is 1. The molecule has 0 heterocycles. The highest BCUT2D eigenvalue weighted by Gasteiger charge is 2.38. The molecule has 0 bridgehead atoms. The summed E-state index contributed by atoms with van der Waals surface area (Å²) in [6.07, 6.45) is 2.67. The fraction of sp³-hybridized carbons (Fsp3) is 1.00. The van der Waals surface area contributed by atoms with Gasteiger partial charge in [-0.3, -0.25) is 0 Å². The molecule has 0 amide bonds. The summed E-state index contributed by atoms with van der Waals surface area (Å²) in [5, 5.41) is 9.92. The first kappa shape index (κ1) is 13.3. The molecule has 2 nitrogen and oxygen atoms in total. The molecule has 0 aliphatic heterocycles. The number of hydrogen-bond acceptors (Lipinski definition) is 2. The first-order chi connectivity index (χ1) is 7.10. The normalized spacial score (nSPS) is 39.0. The maximum atomic E-state index is 9.87. The molecule has 0 aromatic rings. The average molecular weight is 235 g/mol. The van der Waals surface area contributed by atoms with E-state index >= 15 is 0 Å². The van der Waals surface area contributed by atoms with Crippen LogP contribution in [0.5, 0.6) is 0 Å². The Morgan fingerprint density at radius 2 is 2.07 bits per heavy atom. The van der Waals surface area contributed by atoms with E-state index in [-0.39, 0.29) is 11.3 Å². The van der Waals surface area contributed by atoms with E-state index < -0.39 is 6.29 Å². The lowest BCUT2D eigenvalue weighted by molar-refractivity contribution is -0.150. The predicted molar refractivity (Wildman–Crippen MR) is 62.9 cm³/mol. The number of rotatable bonds is 4. The van der Waals surface area contributed by atoms with Gasteiger partial charge >= 0.3 is 0 Å². The molecule has 90 valence electrons. The van der Waals surface area contributed by atoms with Crippen molar-refractivity contribution < 1.29 is 9.84 Å². The number of aliphatic hydroxyl groups is 1. The van der Waals surface area contributed by atoms with Gasteiger partial charge in [-0.05, 0) is 31.6 Å². The topological polar surface area (TPSA) is 29.5 Å². The fourth-order valence-electron chi connectivity index (χ4n) is 2.69. The minimum Gasteiger partial charge on any atom is -0.368 e. The molecule has 0 radical (unpaired) electrons. The predicted octanol–water partition coefficient (Wildman–Crippen LogP) is 3.02. The molecule has 1 aliphatic carbocycles. The van der Waals surface area contributed by atoms with Gasteiger partial charge in [0, 0.05) is 17.9 Å². The summed E-state index contributed by atoms with van der Waals surface area (Å²) in [7, 11) is 0. The van der Waals surface area contributed by atoms with Gasteiger partial charge in [-0.15, -0.1) is 11.6 Å². The van der Waals surface area contributed by atoms with Gasteiger partial charge in [0.25, 0.3) is 0 Å². The van der Waals surface area contributed by atoms with E-state index in [0.717, 1.165) is 12.8 Å². The highest BCUT2D eigenvalue weighted by molar-refractivity contribution is 6.20. The first-order valence-electron chi connectivity index (χ1n) is 6.03. The Balaban J connectivity index is 2.57. The summed E-state index contributed by atoms with van der Waals surface area (Å²) in [6.45, 7) is 6.82. The molecule has 0 aromatic carbocycles. The molecule has 1 rings (SSSR count). The summed E-state index contributed by atoms with van der Waals surface area (Å²) in [4.78, 5) is 0. The van der Waals surface area contributed by atoms with Crippen LogP contribution in [0.3, 0.4) is 0 Å². The average Bonchev–Trinajstić information content (AvgIpc) is 2.16. The number of hydrogen-bond donors (Lipinski definition) is 1. The van der Waals surface area contributed by atoms with Gasteiger partial charge in [0.05, 0.1) is 0 Å². The van der Waals surface area contributed by atoms with Crippen LogP contribution in [-0.4, -0.2) is 23.4 Å². The Kier molecular flexibility index (Phi) is 5.37. The van der Waals surface area contributed by atoms with Crippen LogP contribution in [0.4, 0.5) is 0 Å². The maximum Gasteiger partial charge on any atom is 0.158 e. The Bertz CT molecular complexity index is 174. The quantitative estimate of drug-likeness (QED) is 0.599. The largest absolute Gasteiger partial charge is 0.368 e. The Hall–Kier alpha value is 0.210. The highest BCUT2D eigenvalue weighted by atomic mass is 35.5. The highest BCUT2D eigenvalue weighted by Crippen LogP contribution is 2.40. The zero-order valence-electron chi connectivity index (χ0n) is 9.95. The molecule has 0 spiro atoms. The van der Waals surface area contributed by atoms with Gasteiger partial charge in [0.1, 0.15) is 0 Å². The Labute approximate surface area is 98.0 Å². The van der Waals surface area contributed by atoms with E-state index in [0.29, 0.717) is 18.4 Å². The van der Waals surface area contributed by atoms with Crippen LogP contribution >= 0.6 is 11.6 Å². The third-order valence-electron chi connectivity index (χ3n) is 3.58. The van der Waals surface area contributed by atoms with Gasteiger partial charge in [0.2, 0.25) is 0 Å². The van der Waals surface area contributed by atoms with Crippen molar-refractivity contribution >= 4 is 11.6 Å². The summed E-state index contributed by atoms with van der Waals surface area (Å²) >= 11 is 6.34. The van der Waals surface area contributed by atoms with Crippen LogP contribution in [0.2, 0.25) is 0 Å². The molecule has 1 fully saturated rings. The van der Waals surface area contributed by atoms with Crippen LogP contribution < -0.4 is 0 Å². The zero-order valence-corrected chi connectivity index (χ0v) is 10.7. The van der Waals surface area contributed by atoms with Gasteiger partial charge in [-0.2, -0.15) is 0 Å².